The van der Waals surface area contributed by atoms with E-state index in [0.29, 0.717) is 6.54 Å². The van der Waals surface area contributed by atoms with Gasteiger partial charge in [0.05, 0.1) is 6.54 Å². The molecule has 2 N–H and O–H groups in total. The summed E-state index contributed by atoms with van der Waals surface area (Å²) in [6.07, 6.45) is -0.549. The highest BCUT2D eigenvalue weighted by atomic mass is 16.7. The summed E-state index contributed by atoms with van der Waals surface area (Å²) in [4.78, 5) is 27.3. The molecule has 5 heteroatoms. The number of Topliss-reactive ketones (excluding diaryl/α,β-unsaturated/α-hetero) is 1. The van der Waals surface area contributed by atoms with Gasteiger partial charge in [-0.1, -0.05) is 30.3 Å². The van der Waals surface area contributed by atoms with E-state index in [0.717, 1.165) is 5.56 Å². The normalized spacial score (nSPS) is 11.9. The Hall–Kier alpha value is -1.72. The second kappa shape index (κ2) is 7.58. The number of carbonyl (C=O) groups excluding carboxylic acids is 2. The summed E-state index contributed by atoms with van der Waals surface area (Å²) < 4.78 is 0. The van der Waals surface area contributed by atoms with E-state index in [4.69, 9.17) is 4.84 Å². The van der Waals surface area contributed by atoms with E-state index < -0.39 is 6.10 Å². The zero-order valence-corrected chi connectivity index (χ0v) is 10.6. The molecule has 0 heterocycles. The van der Waals surface area contributed by atoms with E-state index >= 15 is 0 Å². The molecule has 0 aliphatic rings. The summed E-state index contributed by atoms with van der Waals surface area (Å²) in [6, 6.07) is 9.61. The fourth-order valence-corrected chi connectivity index (χ4v) is 1.17. The predicted octanol–water partition coefficient (Wildman–Crippen LogP) is 0.801. The van der Waals surface area contributed by atoms with Gasteiger partial charge in [0.15, 0.2) is 5.78 Å². The maximum Gasteiger partial charge on any atom is 0.236 e. The smallest absolute Gasteiger partial charge is 0.236 e. The van der Waals surface area contributed by atoms with Gasteiger partial charge in [-0.15, -0.1) is 0 Å². The molecule has 18 heavy (non-hydrogen) atoms. The van der Waals surface area contributed by atoms with Crippen LogP contribution >= 0.6 is 0 Å². The first-order valence-electron chi connectivity index (χ1n) is 5.79. The van der Waals surface area contributed by atoms with Gasteiger partial charge in [0.1, 0.15) is 6.10 Å². The molecule has 0 aliphatic heterocycles. The molecule has 0 bridgehead atoms. The Kier molecular flexibility index (Phi) is 6.04. The second-order valence-electron chi connectivity index (χ2n) is 3.95. The number of hydrogen-bond donors (Lipinski definition) is 2. The molecule has 0 aliphatic carbocycles. The van der Waals surface area contributed by atoms with Gasteiger partial charge in [0, 0.05) is 6.54 Å². The molecule has 0 fully saturated rings. The van der Waals surface area contributed by atoms with Crippen molar-refractivity contribution in [2.75, 3.05) is 6.54 Å². The first-order chi connectivity index (χ1) is 8.59. The lowest BCUT2D eigenvalue weighted by molar-refractivity contribution is -0.135. The maximum atomic E-state index is 11.4. The standard InChI is InChI=1S/C13H18N2O3/c1-10(16)11(2)18-15-9-13(17)14-8-12-6-4-3-5-7-12/h3-7,11,15H,8-9H2,1-2H3,(H,14,17). The van der Waals surface area contributed by atoms with E-state index in [2.05, 4.69) is 10.8 Å². The number of carbonyl (C=O) groups is 2. The van der Waals surface area contributed by atoms with Gasteiger partial charge in [-0.2, -0.15) is 5.48 Å². The number of amides is 1. The molecule has 1 atom stereocenters. The van der Waals surface area contributed by atoms with Crippen molar-refractivity contribution in [2.45, 2.75) is 26.5 Å². The summed E-state index contributed by atoms with van der Waals surface area (Å²) in [5.74, 6) is -0.276. The molecular weight excluding hydrogens is 232 g/mol. The fourth-order valence-electron chi connectivity index (χ4n) is 1.17. The van der Waals surface area contributed by atoms with Crippen molar-refractivity contribution in [1.82, 2.24) is 10.8 Å². The van der Waals surface area contributed by atoms with Crippen LogP contribution in [-0.4, -0.2) is 24.3 Å². The predicted molar refractivity (Wildman–Crippen MR) is 67.5 cm³/mol. The zero-order chi connectivity index (χ0) is 13.4. The minimum atomic E-state index is -0.549. The van der Waals surface area contributed by atoms with Crippen molar-refractivity contribution in [3.8, 4) is 0 Å². The monoisotopic (exact) mass is 250 g/mol. The van der Waals surface area contributed by atoms with Gasteiger partial charge in [-0.3, -0.25) is 14.4 Å². The number of rotatable bonds is 7. The third-order valence-electron chi connectivity index (χ3n) is 2.40. The van der Waals surface area contributed by atoms with Crippen LogP contribution in [0.2, 0.25) is 0 Å². The first kappa shape index (κ1) is 14.3. The van der Waals surface area contributed by atoms with Gasteiger partial charge in [-0.25, -0.2) is 0 Å². The van der Waals surface area contributed by atoms with Crippen molar-refractivity contribution in [2.24, 2.45) is 0 Å². The lowest BCUT2D eigenvalue weighted by Gasteiger charge is -2.10. The Morgan fingerprint density at radius 1 is 1.28 bits per heavy atom. The van der Waals surface area contributed by atoms with Crippen molar-refractivity contribution >= 4 is 11.7 Å². The molecule has 0 saturated heterocycles. The van der Waals surface area contributed by atoms with Gasteiger partial charge in [0.25, 0.3) is 0 Å². The molecule has 1 rings (SSSR count). The maximum absolute atomic E-state index is 11.4. The summed E-state index contributed by atoms with van der Waals surface area (Å²) in [5, 5.41) is 2.74. The lowest BCUT2D eigenvalue weighted by atomic mass is 10.2. The molecule has 0 aromatic heterocycles. The molecule has 5 nitrogen and oxygen atoms in total. The highest BCUT2D eigenvalue weighted by Crippen LogP contribution is 1.96. The van der Waals surface area contributed by atoms with Crippen LogP contribution in [-0.2, 0) is 21.0 Å². The highest BCUT2D eigenvalue weighted by molar-refractivity contribution is 5.80. The van der Waals surface area contributed by atoms with Crippen LogP contribution in [0.15, 0.2) is 30.3 Å². The first-order valence-corrected chi connectivity index (χ1v) is 5.79. The molecular formula is C13H18N2O3. The minimum absolute atomic E-state index is 0.0183. The fraction of sp³-hybridized carbons (Fsp3) is 0.385. The van der Waals surface area contributed by atoms with Crippen molar-refractivity contribution in [1.29, 1.82) is 0 Å². The van der Waals surface area contributed by atoms with E-state index in [-0.39, 0.29) is 18.2 Å². The number of benzene rings is 1. The van der Waals surface area contributed by atoms with E-state index in [1.165, 1.54) is 6.92 Å². The Morgan fingerprint density at radius 3 is 2.56 bits per heavy atom. The molecule has 98 valence electrons. The van der Waals surface area contributed by atoms with E-state index in [1.54, 1.807) is 6.92 Å². The molecule has 0 saturated carbocycles. The third-order valence-corrected chi connectivity index (χ3v) is 2.40. The number of nitrogens with one attached hydrogen (secondary N) is 2. The third kappa shape index (κ3) is 5.56. The molecule has 0 radical (unpaired) electrons. The Balaban J connectivity index is 2.17. The SMILES string of the molecule is CC(=O)C(C)ONCC(=O)NCc1ccccc1. The van der Waals surface area contributed by atoms with Crippen LogP contribution in [0.1, 0.15) is 19.4 Å². The Bertz CT molecular complexity index is 392. The average Bonchev–Trinajstić information content (AvgIpc) is 2.37. The molecule has 0 spiro atoms. The van der Waals surface area contributed by atoms with Gasteiger partial charge >= 0.3 is 0 Å². The summed E-state index contributed by atoms with van der Waals surface area (Å²) in [6.45, 7) is 3.55. The molecule has 1 aromatic rings. The summed E-state index contributed by atoms with van der Waals surface area (Å²) in [7, 11) is 0. The van der Waals surface area contributed by atoms with Crippen molar-refractivity contribution in [3.05, 3.63) is 35.9 Å². The van der Waals surface area contributed by atoms with Crippen molar-refractivity contribution < 1.29 is 14.4 Å². The Labute approximate surface area is 106 Å². The van der Waals surface area contributed by atoms with Crippen LogP contribution in [0.5, 0.6) is 0 Å². The number of ketones is 1. The van der Waals surface area contributed by atoms with E-state index in [1.807, 2.05) is 30.3 Å². The van der Waals surface area contributed by atoms with Crippen molar-refractivity contribution in [3.63, 3.8) is 0 Å². The van der Waals surface area contributed by atoms with Gasteiger partial charge in [0.2, 0.25) is 5.91 Å². The van der Waals surface area contributed by atoms with Gasteiger partial charge in [-0.05, 0) is 19.4 Å². The Morgan fingerprint density at radius 2 is 1.94 bits per heavy atom. The molecule has 1 unspecified atom stereocenters. The summed E-state index contributed by atoms with van der Waals surface area (Å²) >= 11 is 0. The largest absolute Gasteiger partial charge is 0.351 e. The van der Waals surface area contributed by atoms with Crippen LogP contribution in [0.4, 0.5) is 0 Å². The minimum Gasteiger partial charge on any atom is -0.351 e. The zero-order valence-electron chi connectivity index (χ0n) is 10.6. The van der Waals surface area contributed by atoms with Gasteiger partial charge < -0.3 is 5.32 Å². The molecule has 1 amide bonds. The molecule has 1 aromatic carbocycles. The van der Waals surface area contributed by atoms with E-state index in [9.17, 15) is 9.59 Å². The van der Waals surface area contributed by atoms with Crippen LogP contribution in [0.3, 0.4) is 0 Å². The highest BCUT2D eigenvalue weighted by Gasteiger charge is 2.08. The van der Waals surface area contributed by atoms with Crippen LogP contribution < -0.4 is 10.8 Å². The lowest BCUT2D eigenvalue weighted by Crippen LogP contribution is -2.36. The summed E-state index contributed by atoms with van der Waals surface area (Å²) in [5.41, 5.74) is 3.50. The van der Waals surface area contributed by atoms with Crippen LogP contribution in [0.25, 0.3) is 0 Å². The quantitative estimate of drug-likeness (QED) is 0.702. The number of hydrogen-bond acceptors (Lipinski definition) is 4. The second-order valence-corrected chi connectivity index (χ2v) is 3.95. The topological polar surface area (TPSA) is 67.4 Å². The van der Waals surface area contributed by atoms with Crippen LogP contribution in [0, 0.1) is 0 Å². The average molecular weight is 250 g/mol. The number of hydroxylamine groups is 1.